The highest BCUT2D eigenvalue weighted by Gasteiger charge is 2.13. The summed E-state index contributed by atoms with van der Waals surface area (Å²) >= 11 is 2.83. The molecule has 0 aliphatic rings. The average molecular weight is 401 g/mol. The van der Waals surface area contributed by atoms with Gasteiger partial charge in [0.1, 0.15) is 11.5 Å². The van der Waals surface area contributed by atoms with E-state index in [4.69, 9.17) is 9.47 Å². The van der Waals surface area contributed by atoms with Gasteiger partial charge < -0.3 is 9.47 Å². The Hall–Kier alpha value is -2.85. The molecule has 0 spiro atoms. The van der Waals surface area contributed by atoms with E-state index in [1.807, 2.05) is 17.5 Å². The first-order valence-corrected chi connectivity index (χ1v) is 9.78. The van der Waals surface area contributed by atoms with Gasteiger partial charge in [-0.05, 0) is 12.1 Å². The molecule has 0 aliphatic carbocycles. The zero-order valence-corrected chi connectivity index (χ0v) is 16.1. The van der Waals surface area contributed by atoms with Crippen molar-refractivity contribution in [3.05, 3.63) is 51.9 Å². The minimum Gasteiger partial charge on any atom is -0.497 e. The molecular weight excluding hydrogens is 386 g/mol. The van der Waals surface area contributed by atoms with Gasteiger partial charge in [-0.1, -0.05) is 11.8 Å². The van der Waals surface area contributed by atoms with Crippen LogP contribution in [-0.4, -0.2) is 38.8 Å². The number of rotatable bonds is 6. The maximum Gasteiger partial charge on any atom is 0.258 e. The van der Waals surface area contributed by atoms with Gasteiger partial charge in [-0.2, -0.15) is 0 Å². The summed E-state index contributed by atoms with van der Waals surface area (Å²) in [6.45, 7) is 0. The van der Waals surface area contributed by atoms with E-state index in [1.165, 1.54) is 33.6 Å². The number of aromatic nitrogens is 5. The summed E-state index contributed by atoms with van der Waals surface area (Å²) in [5, 5.41) is 9.56. The molecule has 0 unspecified atom stereocenters. The number of hydrogen-bond acceptors (Lipinski definition) is 8. The highest BCUT2D eigenvalue weighted by Crippen LogP contribution is 2.32. The molecule has 10 heteroatoms. The number of benzene rings is 1. The summed E-state index contributed by atoms with van der Waals surface area (Å²) in [5.74, 6) is 2.44. The summed E-state index contributed by atoms with van der Waals surface area (Å²) in [6.07, 6.45) is 1.72. The van der Waals surface area contributed by atoms with Crippen LogP contribution in [0.15, 0.2) is 45.8 Å². The minimum atomic E-state index is -0.0875. The predicted molar refractivity (Wildman–Crippen MR) is 104 cm³/mol. The van der Waals surface area contributed by atoms with Gasteiger partial charge in [0.15, 0.2) is 10.8 Å². The predicted octanol–water partition coefficient (Wildman–Crippen LogP) is 2.85. The molecule has 4 rings (SSSR count). The Labute approximate surface area is 162 Å². The number of hydrogen-bond donors (Lipinski definition) is 1. The standard InChI is InChI=1S/C17H15N5O3S2/c1-24-11-3-4-12(13(8-11)25-2)15-19-16(21-20-15)27-9-10-7-14(23)22-5-6-26-17(22)18-10/h3-8H,9H2,1-2H3,(H,19,20,21). The van der Waals surface area contributed by atoms with Crippen LogP contribution in [0.2, 0.25) is 0 Å². The first kappa shape index (κ1) is 17.6. The van der Waals surface area contributed by atoms with Crippen molar-refractivity contribution in [3.8, 4) is 22.9 Å². The van der Waals surface area contributed by atoms with Crippen LogP contribution in [0.1, 0.15) is 5.69 Å². The van der Waals surface area contributed by atoms with Crippen molar-refractivity contribution in [3.63, 3.8) is 0 Å². The van der Waals surface area contributed by atoms with E-state index in [2.05, 4.69) is 20.2 Å². The van der Waals surface area contributed by atoms with E-state index in [1.54, 1.807) is 26.5 Å². The lowest BCUT2D eigenvalue weighted by molar-refractivity contribution is 0.395. The molecular formula is C17H15N5O3S2. The van der Waals surface area contributed by atoms with Crippen LogP contribution in [0.3, 0.4) is 0 Å². The second kappa shape index (κ2) is 7.41. The maximum atomic E-state index is 12.0. The molecule has 0 saturated carbocycles. The fourth-order valence-electron chi connectivity index (χ4n) is 2.53. The largest absolute Gasteiger partial charge is 0.497 e. The third kappa shape index (κ3) is 3.53. The van der Waals surface area contributed by atoms with Gasteiger partial charge in [-0.3, -0.25) is 14.3 Å². The molecule has 0 fully saturated rings. The number of thiazole rings is 1. The number of nitrogens with one attached hydrogen (secondary N) is 1. The molecule has 1 aromatic carbocycles. The van der Waals surface area contributed by atoms with Crippen molar-refractivity contribution in [1.29, 1.82) is 0 Å². The number of methoxy groups -OCH3 is 2. The van der Waals surface area contributed by atoms with Gasteiger partial charge in [0.05, 0.1) is 25.5 Å². The first-order valence-electron chi connectivity index (χ1n) is 7.91. The van der Waals surface area contributed by atoms with Gasteiger partial charge >= 0.3 is 0 Å². The molecule has 0 atom stereocenters. The summed E-state index contributed by atoms with van der Waals surface area (Å²) in [5.41, 5.74) is 1.39. The van der Waals surface area contributed by atoms with Crippen LogP contribution in [0, 0.1) is 0 Å². The van der Waals surface area contributed by atoms with Gasteiger partial charge in [0.25, 0.3) is 5.56 Å². The smallest absolute Gasteiger partial charge is 0.258 e. The Morgan fingerprint density at radius 2 is 2.11 bits per heavy atom. The first-order chi connectivity index (χ1) is 13.2. The summed E-state index contributed by atoms with van der Waals surface area (Å²) in [6, 6.07) is 7.02. The van der Waals surface area contributed by atoms with Gasteiger partial charge in [0.2, 0.25) is 5.16 Å². The summed E-state index contributed by atoms with van der Waals surface area (Å²) in [4.78, 5) is 21.7. The Kier molecular flexibility index (Phi) is 4.82. The van der Waals surface area contributed by atoms with Crippen LogP contribution in [0.5, 0.6) is 11.5 Å². The lowest BCUT2D eigenvalue weighted by atomic mass is 10.2. The molecule has 0 saturated heterocycles. The van der Waals surface area contributed by atoms with Gasteiger partial charge in [-0.15, -0.1) is 16.4 Å². The third-order valence-corrected chi connectivity index (χ3v) is 5.47. The number of fused-ring (bicyclic) bond motifs is 1. The Morgan fingerprint density at radius 3 is 2.93 bits per heavy atom. The number of aromatic amines is 1. The second-order valence-electron chi connectivity index (χ2n) is 5.46. The van der Waals surface area contributed by atoms with E-state index in [-0.39, 0.29) is 5.56 Å². The molecule has 138 valence electrons. The second-order valence-corrected chi connectivity index (χ2v) is 7.28. The minimum absolute atomic E-state index is 0.0875. The Morgan fingerprint density at radius 1 is 1.22 bits per heavy atom. The Bertz CT molecular complexity index is 1150. The van der Waals surface area contributed by atoms with Crippen molar-refractivity contribution in [2.75, 3.05) is 14.2 Å². The number of ether oxygens (including phenoxy) is 2. The van der Waals surface area contributed by atoms with Gasteiger partial charge in [0, 0.05) is 29.5 Å². The lowest BCUT2D eigenvalue weighted by Crippen LogP contribution is -2.12. The molecule has 27 heavy (non-hydrogen) atoms. The highest BCUT2D eigenvalue weighted by atomic mass is 32.2. The van der Waals surface area contributed by atoms with E-state index in [0.29, 0.717) is 38.9 Å². The van der Waals surface area contributed by atoms with Crippen molar-refractivity contribution < 1.29 is 9.47 Å². The zero-order chi connectivity index (χ0) is 18.8. The molecule has 1 N–H and O–H groups in total. The molecule has 0 radical (unpaired) electrons. The lowest BCUT2D eigenvalue weighted by Gasteiger charge is -2.07. The average Bonchev–Trinajstić information content (AvgIpc) is 3.35. The number of thioether (sulfide) groups is 1. The zero-order valence-electron chi connectivity index (χ0n) is 14.5. The van der Waals surface area contributed by atoms with Crippen molar-refractivity contribution in [1.82, 2.24) is 24.6 Å². The van der Waals surface area contributed by atoms with Crippen LogP contribution >= 0.6 is 23.1 Å². The van der Waals surface area contributed by atoms with Crippen molar-refractivity contribution in [2.24, 2.45) is 0 Å². The number of nitrogens with zero attached hydrogens (tertiary/aromatic N) is 4. The SMILES string of the molecule is COc1ccc(-c2nc(SCc3cc(=O)n4ccsc4n3)n[nH]2)c(OC)c1. The molecule has 0 aliphatic heterocycles. The molecule has 4 aromatic rings. The molecule has 3 heterocycles. The fraction of sp³-hybridized carbons (Fsp3) is 0.176. The molecule has 0 bridgehead atoms. The molecule has 3 aromatic heterocycles. The van der Waals surface area contributed by atoms with Crippen LogP contribution < -0.4 is 15.0 Å². The monoisotopic (exact) mass is 401 g/mol. The third-order valence-electron chi connectivity index (χ3n) is 3.83. The summed E-state index contributed by atoms with van der Waals surface area (Å²) < 4.78 is 12.1. The normalized spacial score (nSPS) is 11.0. The van der Waals surface area contributed by atoms with Crippen molar-refractivity contribution in [2.45, 2.75) is 10.9 Å². The molecule has 0 amide bonds. The van der Waals surface area contributed by atoms with Crippen LogP contribution in [0.25, 0.3) is 16.3 Å². The summed E-state index contributed by atoms with van der Waals surface area (Å²) in [7, 11) is 3.19. The van der Waals surface area contributed by atoms with Gasteiger partial charge in [-0.25, -0.2) is 9.97 Å². The highest BCUT2D eigenvalue weighted by molar-refractivity contribution is 7.98. The number of H-pyrrole nitrogens is 1. The Balaban J connectivity index is 1.53. The maximum absolute atomic E-state index is 12.0. The van der Waals surface area contributed by atoms with E-state index < -0.39 is 0 Å². The topological polar surface area (TPSA) is 94.4 Å². The van der Waals surface area contributed by atoms with Crippen LogP contribution in [-0.2, 0) is 5.75 Å². The fourth-order valence-corrected chi connectivity index (χ4v) is 3.96. The van der Waals surface area contributed by atoms with E-state index >= 15 is 0 Å². The molecule has 8 nitrogen and oxygen atoms in total. The van der Waals surface area contributed by atoms with E-state index in [9.17, 15) is 4.79 Å². The quantitative estimate of drug-likeness (QED) is 0.497. The van der Waals surface area contributed by atoms with Crippen LogP contribution in [0.4, 0.5) is 0 Å². The van der Waals surface area contributed by atoms with E-state index in [0.717, 1.165) is 5.56 Å². The van der Waals surface area contributed by atoms with Crippen molar-refractivity contribution >= 4 is 28.1 Å².